The molecule has 6 heteroatoms. The molecule has 26 heavy (non-hydrogen) atoms. The van der Waals surface area contributed by atoms with Gasteiger partial charge in [0.2, 0.25) is 0 Å². The number of halogens is 1. The third-order valence-corrected chi connectivity index (χ3v) is 4.34. The van der Waals surface area contributed by atoms with Gasteiger partial charge in [0.05, 0.1) is 22.3 Å². The van der Waals surface area contributed by atoms with Crippen LogP contribution in [0.25, 0.3) is 21.8 Å². The fourth-order valence-electron chi connectivity index (χ4n) is 2.92. The second-order valence-electron chi connectivity index (χ2n) is 5.93. The number of pyridine rings is 2. The smallest absolute Gasteiger partial charge is 0.270 e. The second-order valence-corrected chi connectivity index (χ2v) is 6.36. The summed E-state index contributed by atoms with van der Waals surface area (Å²) in [4.78, 5) is 21.5. The summed E-state index contributed by atoms with van der Waals surface area (Å²) in [5, 5.41) is 2.29. The summed E-state index contributed by atoms with van der Waals surface area (Å²) in [7, 11) is 0. The molecule has 0 saturated carbocycles. The van der Waals surface area contributed by atoms with Gasteiger partial charge in [-0.15, -0.1) is 0 Å². The highest BCUT2D eigenvalue weighted by atomic mass is 35.5. The molecule has 0 saturated heterocycles. The van der Waals surface area contributed by atoms with Gasteiger partial charge in [0.25, 0.3) is 5.91 Å². The summed E-state index contributed by atoms with van der Waals surface area (Å²) in [6.45, 7) is 1.87. The van der Waals surface area contributed by atoms with E-state index in [-0.39, 0.29) is 5.91 Å². The van der Waals surface area contributed by atoms with E-state index in [1.54, 1.807) is 30.5 Å². The molecule has 0 unspecified atom stereocenters. The number of fused-ring (bicyclic) bond motifs is 2. The molecule has 0 atom stereocenters. The lowest BCUT2D eigenvalue weighted by Crippen LogP contribution is -2.29. The van der Waals surface area contributed by atoms with Crippen LogP contribution in [0.1, 0.15) is 16.1 Å². The van der Waals surface area contributed by atoms with Gasteiger partial charge in [-0.2, -0.15) is 0 Å². The molecule has 2 heterocycles. The van der Waals surface area contributed by atoms with E-state index in [0.29, 0.717) is 10.6 Å². The molecule has 0 fully saturated rings. The number of amides is 1. The Morgan fingerprint density at radius 3 is 2.73 bits per heavy atom. The van der Waals surface area contributed by atoms with Crippen molar-refractivity contribution in [1.82, 2.24) is 15.4 Å². The first-order chi connectivity index (χ1) is 12.6. The van der Waals surface area contributed by atoms with Crippen molar-refractivity contribution >= 4 is 45.0 Å². The topological polar surface area (TPSA) is 66.9 Å². The van der Waals surface area contributed by atoms with E-state index in [2.05, 4.69) is 20.8 Å². The van der Waals surface area contributed by atoms with Crippen molar-refractivity contribution in [3.05, 3.63) is 77.1 Å². The van der Waals surface area contributed by atoms with Crippen LogP contribution in [-0.2, 0) is 0 Å². The fourth-order valence-corrected chi connectivity index (χ4v) is 3.08. The number of aromatic nitrogens is 2. The van der Waals surface area contributed by atoms with Crippen LogP contribution in [0, 0.1) is 6.92 Å². The first-order valence-corrected chi connectivity index (χ1v) is 8.46. The monoisotopic (exact) mass is 362 g/mol. The maximum Gasteiger partial charge on any atom is 0.270 e. The number of anilines is 1. The van der Waals surface area contributed by atoms with Gasteiger partial charge in [-0.25, -0.2) is 0 Å². The Morgan fingerprint density at radius 1 is 1.00 bits per heavy atom. The zero-order valence-electron chi connectivity index (χ0n) is 14.0. The van der Waals surface area contributed by atoms with Crippen molar-refractivity contribution < 1.29 is 4.79 Å². The number of nitrogens with zero attached hydrogens (tertiary/aromatic N) is 2. The second kappa shape index (κ2) is 6.61. The van der Waals surface area contributed by atoms with Crippen LogP contribution in [-0.4, -0.2) is 15.9 Å². The molecule has 2 aromatic heterocycles. The molecule has 0 spiro atoms. The molecule has 4 aromatic rings. The van der Waals surface area contributed by atoms with E-state index in [1.165, 1.54) is 0 Å². The van der Waals surface area contributed by atoms with Crippen LogP contribution < -0.4 is 10.9 Å². The Bertz CT molecular complexity index is 1140. The molecule has 128 valence electrons. The molecule has 0 radical (unpaired) electrons. The van der Waals surface area contributed by atoms with Crippen molar-refractivity contribution in [2.75, 3.05) is 5.43 Å². The number of rotatable bonds is 3. The summed E-state index contributed by atoms with van der Waals surface area (Å²) in [6, 6.07) is 16.6. The molecule has 5 nitrogen and oxygen atoms in total. The Morgan fingerprint density at radius 2 is 1.85 bits per heavy atom. The van der Waals surface area contributed by atoms with Crippen molar-refractivity contribution in [1.29, 1.82) is 0 Å². The van der Waals surface area contributed by atoms with E-state index < -0.39 is 0 Å². The van der Waals surface area contributed by atoms with Crippen LogP contribution in [0.15, 0.2) is 60.8 Å². The Labute approximate surface area is 155 Å². The maximum absolute atomic E-state index is 12.7. The lowest BCUT2D eigenvalue weighted by Gasteiger charge is -2.12. The van der Waals surface area contributed by atoms with Gasteiger partial charge in [-0.1, -0.05) is 29.8 Å². The van der Waals surface area contributed by atoms with Gasteiger partial charge in [0.1, 0.15) is 0 Å². The molecule has 0 aliphatic rings. The van der Waals surface area contributed by atoms with Gasteiger partial charge < -0.3 is 0 Å². The van der Waals surface area contributed by atoms with Crippen molar-refractivity contribution in [2.45, 2.75) is 6.92 Å². The van der Waals surface area contributed by atoms with Crippen LogP contribution in [0.2, 0.25) is 5.02 Å². The Balaban J connectivity index is 1.64. The molecule has 0 aliphatic heterocycles. The van der Waals surface area contributed by atoms with Crippen LogP contribution in [0.5, 0.6) is 0 Å². The van der Waals surface area contributed by atoms with E-state index in [4.69, 9.17) is 11.6 Å². The zero-order valence-corrected chi connectivity index (χ0v) is 14.7. The molecule has 2 N–H and O–H groups in total. The van der Waals surface area contributed by atoms with E-state index in [9.17, 15) is 4.79 Å². The fraction of sp³-hybridized carbons (Fsp3) is 0.0500. The van der Waals surface area contributed by atoms with Crippen molar-refractivity contribution in [3.8, 4) is 0 Å². The quantitative estimate of drug-likeness (QED) is 0.526. The van der Waals surface area contributed by atoms with Crippen LogP contribution >= 0.6 is 11.6 Å². The standard InChI is InChI=1S/C20H15ClN4O/c1-12-10-16(14-4-2-3-5-17(14)23-12)20(26)25-24-18-8-9-22-19-11-13(21)6-7-15(18)19/h2-11H,1H3,(H,22,24)(H,25,26). The lowest BCUT2D eigenvalue weighted by molar-refractivity contribution is 0.0964. The largest absolute Gasteiger partial charge is 0.298 e. The predicted octanol–water partition coefficient (Wildman–Crippen LogP) is 4.50. The molecule has 0 aliphatic carbocycles. The van der Waals surface area contributed by atoms with Gasteiger partial charge in [0, 0.05) is 27.7 Å². The summed E-state index contributed by atoms with van der Waals surface area (Å²) < 4.78 is 0. The van der Waals surface area contributed by atoms with Gasteiger partial charge in [-0.05, 0) is 43.3 Å². The van der Waals surface area contributed by atoms with Crippen LogP contribution in [0.4, 0.5) is 5.69 Å². The van der Waals surface area contributed by atoms with Gasteiger partial charge >= 0.3 is 0 Å². The van der Waals surface area contributed by atoms with E-state index >= 15 is 0 Å². The minimum Gasteiger partial charge on any atom is -0.298 e. The third-order valence-electron chi connectivity index (χ3n) is 4.10. The molecule has 0 bridgehead atoms. The first-order valence-electron chi connectivity index (χ1n) is 8.09. The Kier molecular flexibility index (Phi) is 4.14. The van der Waals surface area contributed by atoms with Crippen molar-refractivity contribution in [3.63, 3.8) is 0 Å². The molecule has 2 aromatic carbocycles. The highest BCUT2D eigenvalue weighted by molar-refractivity contribution is 6.31. The summed E-state index contributed by atoms with van der Waals surface area (Å²) in [5.41, 5.74) is 9.40. The number of aryl methyl sites for hydroxylation is 1. The first kappa shape index (κ1) is 16.3. The number of para-hydroxylation sites is 1. The third kappa shape index (κ3) is 3.05. The SMILES string of the molecule is Cc1cc(C(=O)NNc2ccnc3cc(Cl)ccc23)c2ccccc2n1. The highest BCUT2D eigenvalue weighted by Gasteiger charge is 2.12. The minimum absolute atomic E-state index is 0.231. The number of hydrazine groups is 1. The lowest BCUT2D eigenvalue weighted by atomic mass is 10.1. The molecule has 4 rings (SSSR count). The number of hydrogen-bond acceptors (Lipinski definition) is 4. The summed E-state index contributed by atoms with van der Waals surface area (Å²) >= 11 is 6.01. The number of hydrogen-bond donors (Lipinski definition) is 2. The average molecular weight is 363 g/mol. The van der Waals surface area contributed by atoms with E-state index in [0.717, 1.165) is 33.2 Å². The van der Waals surface area contributed by atoms with Crippen molar-refractivity contribution in [2.24, 2.45) is 0 Å². The summed E-state index contributed by atoms with van der Waals surface area (Å²) in [6.07, 6.45) is 1.67. The van der Waals surface area contributed by atoms with Gasteiger partial charge in [-0.3, -0.25) is 25.6 Å². The molecular weight excluding hydrogens is 348 g/mol. The number of benzene rings is 2. The maximum atomic E-state index is 12.7. The average Bonchev–Trinajstić information content (AvgIpc) is 2.65. The molecule has 1 amide bonds. The summed E-state index contributed by atoms with van der Waals surface area (Å²) in [5.74, 6) is -0.231. The van der Waals surface area contributed by atoms with Crippen LogP contribution in [0.3, 0.4) is 0 Å². The zero-order chi connectivity index (χ0) is 18.1. The highest BCUT2D eigenvalue weighted by Crippen LogP contribution is 2.24. The van der Waals surface area contributed by atoms with Gasteiger partial charge in [0.15, 0.2) is 0 Å². The Hall–Kier alpha value is -3.18. The number of carbonyl (C=O) groups is 1. The molecular formula is C20H15ClN4O. The minimum atomic E-state index is -0.231. The predicted molar refractivity (Wildman–Crippen MR) is 104 cm³/mol. The number of nitrogens with one attached hydrogen (secondary N) is 2. The number of carbonyl (C=O) groups excluding carboxylic acids is 1. The normalized spacial score (nSPS) is 10.8. The van der Waals surface area contributed by atoms with E-state index in [1.807, 2.05) is 37.3 Å².